The summed E-state index contributed by atoms with van der Waals surface area (Å²) in [6, 6.07) is 6.53. The summed E-state index contributed by atoms with van der Waals surface area (Å²) in [5.74, 6) is 0.443. The second-order valence-electron chi connectivity index (χ2n) is 7.74. The van der Waals surface area contributed by atoms with E-state index in [4.69, 9.17) is 0 Å². The molecule has 0 bridgehead atoms. The molecule has 6 heteroatoms. The third-order valence-corrected chi connectivity index (χ3v) is 7.01. The number of amides is 1. The van der Waals surface area contributed by atoms with Crippen molar-refractivity contribution in [2.45, 2.75) is 63.8 Å². The first-order chi connectivity index (χ1) is 12.2. The van der Waals surface area contributed by atoms with Crippen LogP contribution in [-0.2, 0) is 10.0 Å². The monoisotopic (exact) mass is 380 g/mol. The number of carbonyl (C=O) groups is 1. The highest BCUT2D eigenvalue weighted by molar-refractivity contribution is 7.89. The van der Waals surface area contributed by atoms with Gasteiger partial charge in [-0.15, -0.1) is 0 Å². The minimum absolute atomic E-state index is 0.0723. The molecule has 5 nitrogen and oxygen atoms in total. The molecule has 1 unspecified atom stereocenters. The maximum Gasteiger partial charge on any atom is 0.253 e. The SMILES string of the molecule is CC(C)CC(C)N(C)C(=O)c1ccc(S(=O)(=O)N2CCCCCC2)cc1. The number of sulfonamides is 1. The van der Waals surface area contributed by atoms with Gasteiger partial charge in [0.2, 0.25) is 10.0 Å². The fraction of sp³-hybridized carbons (Fsp3) is 0.650. The van der Waals surface area contributed by atoms with E-state index in [-0.39, 0.29) is 16.8 Å². The summed E-state index contributed by atoms with van der Waals surface area (Å²) in [6.07, 6.45) is 4.92. The fourth-order valence-corrected chi connectivity index (χ4v) is 4.96. The minimum Gasteiger partial charge on any atom is -0.339 e. The summed E-state index contributed by atoms with van der Waals surface area (Å²) < 4.78 is 27.2. The Hall–Kier alpha value is -1.40. The molecule has 0 spiro atoms. The Morgan fingerprint density at radius 1 is 1.04 bits per heavy atom. The van der Waals surface area contributed by atoms with Crippen LogP contribution in [0.25, 0.3) is 0 Å². The Bertz CT molecular complexity index is 690. The van der Waals surface area contributed by atoms with Crippen molar-refractivity contribution in [2.24, 2.45) is 5.92 Å². The average molecular weight is 381 g/mol. The molecule has 2 rings (SSSR count). The predicted octanol–water partition coefficient (Wildman–Crippen LogP) is 3.76. The molecule has 0 aromatic heterocycles. The number of carbonyl (C=O) groups excluding carboxylic acids is 1. The second kappa shape index (κ2) is 9.00. The lowest BCUT2D eigenvalue weighted by atomic mass is 10.0. The van der Waals surface area contributed by atoms with Crippen LogP contribution >= 0.6 is 0 Å². The fourth-order valence-electron chi connectivity index (χ4n) is 3.44. The summed E-state index contributed by atoms with van der Waals surface area (Å²) in [6.45, 7) is 7.47. The van der Waals surface area contributed by atoms with Crippen molar-refractivity contribution in [3.63, 3.8) is 0 Å². The largest absolute Gasteiger partial charge is 0.339 e. The quantitative estimate of drug-likeness (QED) is 0.755. The summed E-state index contributed by atoms with van der Waals surface area (Å²) in [5, 5.41) is 0. The van der Waals surface area contributed by atoms with Gasteiger partial charge in [0.05, 0.1) is 4.90 Å². The molecule has 1 aromatic carbocycles. The number of benzene rings is 1. The number of nitrogens with zero attached hydrogens (tertiary/aromatic N) is 2. The van der Waals surface area contributed by atoms with Crippen LogP contribution in [0.4, 0.5) is 0 Å². The molecule has 146 valence electrons. The van der Waals surface area contributed by atoms with Crippen LogP contribution in [0.5, 0.6) is 0 Å². The lowest BCUT2D eigenvalue weighted by Gasteiger charge is -2.26. The Labute approximate surface area is 158 Å². The molecule has 1 heterocycles. The molecule has 1 amide bonds. The van der Waals surface area contributed by atoms with E-state index in [1.807, 2.05) is 6.92 Å². The van der Waals surface area contributed by atoms with E-state index in [0.29, 0.717) is 24.6 Å². The zero-order valence-electron chi connectivity index (χ0n) is 16.4. The van der Waals surface area contributed by atoms with Gasteiger partial charge in [0.1, 0.15) is 0 Å². The van der Waals surface area contributed by atoms with E-state index in [0.717, 1.165) is 32.1 Å². The molecular formula is C20H32N2O3S. The number of hydrogen-bond donors (Lipinski definition) is 0. The van der Waals surface area contributed by atoms with E-state index >= 15 is 0 Å². The Morgan fingerprint density at radius 3 is 2.08 bits per heavy atom. The van der Waals surface area contributed by atoms with Crippen LogP contribution in [-0.4, -0.2) is 49.7 Å². The highest BCUT2D eigenvalue weighted by atomic mass is 32.2. The Balaban J connectivity index is 2.13. The normalized spacial score (nSPS) is 17.7. The van der Waals surface area contributed by atoms with Gasteiger partial charge in [-0.3, -0.25) is 4.79 Å². The molecule has 1 saturated heterocycles. The van der Waals surface area contributed by atoms with Gasteiger partial charge >= 0.3 is 0 Å². The van der Waals surface area contributed by atoms with Crippen molar-refractivity contribution in [2.75, 3.05) is 20.1 Å². The molecular weight excluding hydrogens is 348 g/mol. The van der Waals surface area contributed by atoms with Gasteiger partial charge in [0.15, 0.2) is 0 Å². The van der Waals surface area contributed by atoms with Crippen LogP contribution < -0.4 is 0 Å². The van der Waals surface area contributed by atoms with Crippen LogP contribution in [0.15, 0.2) is 29.2 Å². The maximum atomic E-state index is 12.8. The standard InChI is InChI=1S/C20H32N2O3S/c1-16(2)15-17(3)21(4)20(23)18-9-11-19(12-10-18)26(24,25)22-13-7-5-6-8-14-22/h9-12,16-17H,5-8,13-15H2,1-4H3. The maximum absolute atomic E-state index is 12.8. The molecule has 1 aliphatic heterocycles. The molecule has 0 N–H and O–H groups in total. The van der Waals surface area contributed by atoms with Crippen LogP contribution in [0.3, 0.4) is 0 Å². The smallest absolute Gasteiger partial charge is 0.253 e. The molecule has 1 aromatic rings. The highest BCUT2D eigenvalue weighted by Gasteiger charge is 2.25. The zero-order chi connectivity index (χ0) is 19.3. The minimum atomic E-state index is -3.47. The van der Waals surface area contributed by atoms with Crippen molar-refractivity contribution in [1.82, 2.24) is 9.21 Å². The van der Waals surface area contributed by atoms with E-state index in [1.54, 1.807) is 40.5 Å². The molecule has 26 heavy (non-hydrogen) atoms. The van der Waals surface area contributed by atoms with Gasteiger partial charge in [0.25, 0.3) is 5.91 Å². The van der Waals surface area contributed by atoms with E-state index < -0.39 is 10.0 Å². The second-order valence-corrected chi connectivity index (χ2v) is 9.68. The van der Waals surface area contributed by atoms with Crippen LogP contribution in [0.2, 0.25) is 0 Å². The third kappa shape index (κ3) is 5.07. The van der Waals surface area contributed by atoms with Crippen LogP contribution in [0.1, 0.15) is 63.2 Å². The first kappa shape index (κ1) is 20.9. The number of hydrogen-bond acceptors (Lipinski definition) is 3. The van der Waals surface area contributed by atoms with Crippen LogP contribution in [0, 0.1) is 5.92 Å². The first-order valence-corrected chi connectivity index (χ1v) is 11.0. The van der Waals surface area contributed by atoms with Gasteiger partial charge in [-0.25, -0.2) is 8.42 Å². The molecule has 0 aliphatic carbocycles. The number of rotatable bonds is 6. The van der Waals surface area contributed by atoms with Gasteiger partial charge in [-0.1, -0.05) is 26.7 Å². The van der Waals surface area contributed by atoms with Gasteiger partial charge in [0, 0.05) is 31.7 Å². The van der Waals surface area contributed by atoms with Crippen molar-refractivity contribution >= 4 is 15.9 Å². The Morgan fingerprint density at radius 2 is 1.58 bits per heavy atom. The molecule has 0 radical (unpaired) electrons. The van der Waals surface area contributed by atoms with Gasteiger partial charge < -0.3 is 4.90 Å². The first-order valence-electron chi connectivity index (χ1n) is 9.61. The summed E-state index contributed by atoms with van der Waals surface area (Å²) >= 11 is 0. The molecule has 1 atom stereocenters. The molecule has 0 saturated carbocycles. The summed E-state index contributed by atoms with van der Waals surface area (Å²) in [4.78, 5) is 14.6. The molecule has 1 fully saturated rings. The van der Waals surface area contributed by atoms with Crippen molar-refractivity contribution in [1.29, 1.82) is 0 Å². The topological polar surface area (TPSA) is 57.7 Å². The van der Waals surface area contributed by atoms with Crippen molar-refractivity contribution < 1.29 is 13.2 Å². The molecule has 1 aliphatic rings. The Kier molecular flexibility index (Phi) is 7.24. The van der Waals surface area contributed by atoms with E-state index in [1.165, 1.54) is 0 Å². The average Bonchev–Trinajstić information content (AvgIpc) is 2.90. The van der Waals surface area contributed by atoms with E-state index in [9.17, 15) is 13.2 Å². The summed E-state index contributed by atoms with van der Waals surface area (Å²) in [7, 11) is -1.67. The summed E-state index contributed by atoms with van der Waals surface area (Å²) in [5.41, 5.74) is 0.526. The predicted molar refractivity (Wildman–Crippen MR) is 105 cm³/mol. The van der Waals surface area contributed by atoms with Gasteiger partial charge in [-0.05, 0) is 56.4 Å². The third-order valence-electron chi connectivity index (χ3n) is 5.10. The lowest BCUT2D eigenvalue weighted by Crippen LogP contribution is -2.36. The highest BCUT2D eigenvalue weighted by Crippen LogP contribution is 2.21. The van der Waals surface area contributed by atoms with Crippen molar-refractivity contribution in [3.05, 3.63) is 29.8 Å². The lowest BCUT2D eigenvalue weighted by molar-refractivity contribution is 0.0728. The van der Waals surface area contributed by atoms with E-state index in [2.05, 4.69) is 13.8 Å². The van der Waals surface area contributed by atoms with Gasteiger partial charge in [-0.2, -0.15) is 4.31 Å². The zero-order valence-corrected chi connectivity index (χ0v) is 17.3. The van der Waals surface area contributed by atoms with Crippen molar-refractivity contribution in [3.8, 4) is 0 Å².